The first-order chi connectivity index (χ1) is 9.39. The maximum Gasteiger partial charge on any atom is 0.242 e. The van der Waals surface area contributed by atoms with Gasteiger partial charge in [-0.15, -0.1) is 5.10 Å². The highest BCUT2D eigenvalue weighted by Gasteiger charge is 2.17. The standard InChI is InChI=1S/C12H17N5O2S/c1-16(2)20(18,19)12-6-4-5-10(7-12)13-8-11-9-17(3)15-14-11/h4-7,9,13H,8H2,1-3H3. The fourth-order valence-electron chi connectivity index (χ4n) is 1.65. The Hall–Kier alpha value is -1.93. The predicted molar refractivity (Wildman–Crippen MR) is 75.6 cm³/mol. The van der Waals surface area contributed by atoms with Gasteiger partial charge in [-0.3, -0.25) is 4.68 Å². The number of benzene rings is 1. The van der Waals surface area contributed by atoms with Crippen molar-refractivity contribution in [2.24, 2.45) is 7.05 Å². The van der Waals surface area contributed by atoms with Gasteiger partial charge in [0.2, 0.25) is 10.0 Å². The Kier molecular flexibility index (Phi) is 4.05. The SMILES string of the molecule is CN(C)S(=O)(=O)c1cccc(NCc2cn(C)nn2)c1. The van der Waals surface area contributed by atoms with Crippen molar-refractivity contribution in [3.05, 3.63) is 36.2 Å². The molecule has 0 aliphatic rings. The summed E-state index contributed by atoms with van der Waals surface area (Å²) in [6.07, 6.45) is 1.80. The number of rotatable bonds is 5. The smallest absolute Gasteiger partial charge is 0.242 e. The first kappa shape index (κ1) is 14.5. The van der Waals surface area contributed by atoms with Crippen LogP contribution in [0.3, 0.4) is 0 Å². The van der Waals surface area contributed by atoms with Gasteiger partial charge in [0.1, 0.15) is 5.69 Å². The van der Waals surface area contributed by atoms with Crippen LogP contribution in [0.2, 0.25) is 0 Å². The van der Waals surface area contributed by atoms with Gasteiger partial charge in [0.15, 0.2) is 0 Å². The third-order valence-corrected chi connectivity index (χ3v) is 4.55. The van der Waals surface area contributed by atoms with E-state index in [1.807, 2.05) is 6.07 Å². The van der Waals surface area contributed by atoms with E-state index in [-0.39, 0.29) is 4.90 Å². The molecule has 7 nitrogen and oxygen atoms in total. The average molecular weight is 295 g/mol. The van der Waals surface area contributed by atoms with Crippen LogP contribution in [0.5, 0.6) is 0 Å². The molecule has 108 valence electrons. The molecule has 0 radical (unpaired) electrons. The van der Waals surface area contributed by atoms with Crippen LogP contribution in [-0.4, -0.2) is 41.8 Å². The van der Waals surface area contributed by atoms with Gasteiger partial charge in [0.05, 0.1) is 11.4 Å². The lowest BCUT2D eigenvalue weighted by Crippen LogP contribution is -2.22. The molecule has 0 unspecified atom stereocenters. The first-order valence-corrected chi connectivity index (χ1v) is 7.45. The molecule has 0 saturated carbocycles. The molecule has 2 rings (SSSR count). The number of aromatic nitrogens is 3. The predicted octanol–water partition coefficient (Wildman–Crippen LogP) is 0.677. The van der Waals surface area contributed by atoms with E-state index in [4.69, 9.17) is 0 Å². The van der Waals surface area contributed by atoms with E-state index in [9.17, 15) is 8.42 Å². The van der Waals surface area contributed by atoms with Gasteiger partial charge >= 0.3 is 0 Å². The van der Waals surface area contributed by atoms with Crippen LogP contribution in [0.4, 0.5) is 5.69 Å². The van der Waals surface area contributed by atoms with Crippen molar-refractivity contribution < 1.29 is 8.42 Å². The molecule has 1 aromatic heterocycles. The number of sulfonamides is 1. The summed E-state index contributed by atoms with van der Waals surface area (Å²) in [5, 5.41) is 10.9. The second kappa shape index (κ2) is 5.59. The second-order valence-electron chi connectivity index (χ2n) is 4.55. The monoisotopic (exact) mass is 295 g/mol. The normalized spacial score (nSPS) is 11.8. The van der Waals surface area contributed by atoms with Crippen molar-refractivity contribution in [2.45, 2.75) is 11.4 Å². The van der Waals surface area contributed by atoms with E-state index in [0.717, 1.165) is 11.4 Å². The number of hydrogen-bond acceptors (Lipinski definition) is 5. The highest BCUT2D eigenvalue weighted by molar-refractivity contribution is 7.89. The Labute approximate surface area is 118 Å². The maximum atomic E-state index is 12.0. The van der Waals surface area contributed by atoms with Gasteiger partial charge in [-0.05, 0) is 18.2 Å². The zero-order valence-corrected chi connectivity index (χ0v) is 12.4. The van der Waals surface area contributed by atoms with Crippen LogP contribution in [0.15, 0.2) is 35.4 Å². The molecule has 0 atom stereocenters. The zero-order valence-electron chi connectivity index (χ0n) is 11.6. The van der Waals surface area contributed by atoms with Crippen LogP contribution in [0.1, 0.15) is 5.69 Å². The highest BCUT2D eigenvalue weighted by atomic mass is 32.2. The molecular formula is C12H17N5O2S. The Balaban J connectivity index is 2.14. The summed E-state index contributed by atoms with van der Waals surface area (Å²) >= 11 is 0. The Morgan fingerprint density at radius 2 is 2.10 bits per heavy atom. The zero-order chi connectivity index (χ0) is 14.8. The van der Waals surface area contributed by atoms with E-state index < -0.39 is 10.0 Å². The number of anilines is 1. The minimum absolute atomic E-state index is 0.256. The third kappa shape index (κ3) is 3.14. The fraction of sp³-hybridized carbons (Fsp3) is 0.333. The number of nitrogens with one attached hydrogen (secondary N) is 1. The van der Waals surface area contributed by atoms with E-state index >= 15 is 0 Å². The number of nitrogens with zero attached hydrogens (tertiary/aromatic N) is 4. The second-order valence-corrected chi connectivity index (χ2v) is 6.70. The molecule has 0 fully saturated rings. The Morgan fingerprint density at radius 3 is 2.70 bits per heavy atom. The van der Waals surface area contributed by atoms with Crippen molar-refractivity contribution in [3.8, 4) is 0 Å². The van der Waals surface area contributed by atoms with Gasteiger partial charge in [0.25, 0.3) is 0 Å². The molecule has 2 aromatic rings. The fourth-order valence-corrected chi connectivity index (χ4v) is 2.59. The highest BCUT2D eigenvalue weighted by Crippen LogP contribution is 2.18. The maximum absolute atomic E-state index is 12.0. The summed E-state index contributed by atoms with van der Waals surface area (Å²) in [5.74, 6) is 0. The number of hydrogen-bond donors (Lipinski definition) is 1. The Bertz CT molecular complexity index is 693. The third-order valence-electron chi connectivity index (χ3n) is 2.74. The lowest BCUT2D eigenvalue weighted by Gasteiger charge is -2.12. The quantitative estimate of drug-likeness (QED) is 0.877. The summed E-state index contributed by atoms with van der Waals surface area (Å²) in [5.41, 5.74) is 1.51. The minimum atomic E-state index is -3.42. The van der Waals surface area contributed by atoms with Gasteiger partial charge in [-0.25, -0.2) is 12.7 Å². The van der Waals surface area contributed by atoms with Crippen LogP contribution < -0.4 is 5.32 Å². The summed E-state index contributed by atoms with van der Waals surface area (Å²) in [6, 6.07) is 6.69. The molecule has 0 spiro atoms. The van der Waals surface area contributed by atoms with Gasteiger partial charge in [-0.2, -0.15) is 0 Å². The Morgan fingerprint density at radius 1 is 1.35 bits per heavy atom. The lowest BCUT2D eigenvalue weighted by molar-refractivity contribution is 0.521. The molecule has 0 bridgehead atoms. The van der Waals surface area contributed by atoms with E-state index in [0.29, 0.717) is 6.54 Å². The van der Waals surface area contributed by atoms with Crippen molar-refractivity contribution in [1.29, 1.82) is 0 Å². The summed E-state index contributed by atoms with van der Waals surface area (Å²) in [4.78, 5) is 0.256. The molecule has 20 heavy (non-hydrogen) atoms. The van der Waals surface area contributed by atoms with Gasteiger partial charge in [-0.1, -0.05) is 11.3 Å². The van der Waals surface area contributed by atoms with Gasteiger partial charge < -0.3 is 5.32 Å². The van der Waals surface area contributed by atoms with Crippen LogP contribution in [-0.2, 0) is 23.6 Å². The van der Waals surface area contributed by atoms with Crippen LogP contribution >= 0.6 is 0 Å². The van der Waals surface area contributed by atoms with E-state index in [1.165, 1.54) is 18.4 Å². The largest absolute Gasteiger partial charge is 0.379 e. The molecule has 0 saturated heterocycles. The lowest BCUT2D eigenvalue weighted by atomic mass is 10.3. The topological polar surface area (TPSA) is 80.1 Å². The molecule has 0 amide bonds. The molecule has 0 aliphatic carbocycles. The molecule has 0 aliphatic heterocycles. The summed E-state index contributed by atoms with van der Waals surface area (Å²) < 4.78 is 26.9. The summed E-state index contributed by atoms with van der Waals surface area (Å²) in [7, 11) is 1.39. The van der Waals surface area contributed by atoms with Crippen molar-refractivity contribution >= 4 is 15.7 Å². The van der Waals surface area contributed by atoms with Crippen molar-refractivity contribution in [1.82, 2.24) is 19.3 Å². The van der Waals surface area contributed by atoms with E-state index in [1.54, 1.807) is 36.1 Å². The van der Waals surface area contributed by atoms with Crippen LogP contribution in [0.25, 0.3) is 0 Å². The summed E-state index contributed by atoms with van der Waals surface area (Å²) in [6.45, 7) is 0.485. The number of aryl methyl sites for hydroxylation is 1. The van der Waals surface area contributed by atoms with Crippen molar-refractivity contribution in [2.75, 3.05) is 19.4 Å². The van der Waals surface area contributed by atoms with Gasteiger partial charge in [0, 0.05) is 33.0 Å². The first-order valence-electron chi connectivity index (χ1n) is 6.01. The minimum Gasteiger partial charge on any atom is -0.379 e. The van der Waals surface area contributed by atoms with Crippen molar-refractivity contribution in [3.63, 3.8) is 0 Å². The molecule has 1 heterocycles. The molecule has 1 N–H and O–H groups in total. The molecule has 1 aromatic carbocycles. The van der Waals surface area contributed by atoms with Crippen LogP contribution in [0, 0.1) is 0 Å². The molecular weight excluding hydrogens is 278 g/mol. The molecule has 8 heteroatoms. The van der Waals surface area contributed by atoms with E-state index in [2.05, 4.69) is 15.6 Å². The average Bonchev–Trinajstić information content (AvgIpc) is 2.82.